The Balaban J connectivity index is 1.56. The van der Waals surface area contributed by atoms with Gasteiger partial charge in [-0.05, 0) is 69.6 Å². The van der Waals surface area contributed by atoms with Crippen molar-refractivity contribution in [2.45, 2.75) is 131 Å². The fourth-order valence-corrected chi connectivity index (χ4v) is 9.99. The molecule has 2 aliphatic carbocycles. The quantitative estimate of drug-likeness (QED) is 0.213. The van der Waals surface area contributed by atoms with Crippen molar-refractivity contribution in [1.82, 2.24) is 5.32 Å². The first-order chi connectivity index (χ1) is 14.3. The Morgan fingerprint density at radius 1 is 0.621 bits per heavy atom. The second kappa shape index (κ2) is 9.65. The molecule has 166 valence electrons. The number of hydrogen-bond donors (Lipinski definition) is 1. The van der Waals surface area contributed by atoms with Crippen LogP contribution < -0.4 is 5.32 Å². The van der Waals surface area contributed by atoms with Crippen LogP contribution in [-0.4, -0.2) is 39.7 Å². The van der Waals surface area contributed by atoms with Gasteiger partial charge in [0.1, 0.15) is 0 Å². The number of halogens is 1. The molecule has 1 spiro atoms. The van der Waals surface area contributed by atoms with E-state index in [9.17, 15) is 0 Å². The van der Waals surface area contributed by atoms with Crippen molar-refractivity contribution >= 4 is 22.6 Å². The Kier molecular flexibility index (Phi) is 7.15. The van der Waals surface area contributed by atoms with Gasteiger partial charge in [0.25, 0.3) is 0 Å². The highest BCUT2D eigenvalue weighted by molar-refractivity contribution is 14.1. The van der Waals surface area contributed by atoms with E-state index < -0.39 is 0 Å². The summed E-state index contributed by atoms with van der Waals surface area (Å²) in [7, 11) is 0. The molecule has 3 heterocycles. The van der Waals surface area contributed by atoms with Crippen LogP contribution in [0.2, 0.25) is 0 Å². The van der Waals surface area contributed by atoms with Crippen LogP contribution in [0.4, 0.5) is 0 Å². The molecule has 5 fully saturated rings. The standard InChI is InChI=1S/C26H46IN2/c27-23-16-10-18-29-19-24(28-26(23)29)21-12-8-7-11-20(13-9-14-21)22-15-5-3-1-2-4-6-17-25(22)29/h20-26,28H,1-19H2/q+1/t20?,21?,22?,23-,24?,25?,26?,29?/m0/s1. The predicted molar refractivity (Wildman–Crippen MR) is 131 cm³/mol. The molecule has 8 atom stereocenters. The van der Waals surface area contributed by atoms with Crippen molar-refractivity contribution in [2.24, 2.45) is 17.8 Å². The molecule has 29 heavy (non-hydrogen) atoms. The Morgan fingerprint density at radius 2 is 1.28 bits per heavy atom. The number of nitrogens with zero attached hydrogens (tertiary/aromatic N) is 1. The minimum Gasteiger partial charge on any atom is -0.304 e. The van der Waals surface area contributed by atoms with E-state index in [4.69, 9.17) is 0 Å². The molecule has 1 N–H and O–H groups in total. The van der Waals surface area contributed by atoms with E-state index in [-0.39, 0.29) is 0 Å². The minimum absolute atomic E-state index is 0.769. The van der Waals surface area contributed by atoms with Crippen LogP contribution in [0.3, 0.4) is 0 Å². The van der Waals surface area contributed by atoms with E-state index in [0.29, 0.717) is 0 Å². The fraction of sp³-hybridized carbons (Fsp3) is 1.00. The van der Waals surface area contributed by atoms with Gasteiger partial charge in [0, 0.05) is 5.92 Å². The predicted octanol–water partition coefficient (Wildman–Crippen LogP) is 6.81. The van der Waals surface area contributed by atoms with Crippen molar-refractivity contribution in [2.75, 3.05) is 13.1 Å². The molecule has 3 aliphatic heterocycles. The monoisotopic (exact) mass is 513 g/mol. The summed E-state index contributed by atoms with van der Waals surface area (Å²) in [5.74, 6) is 3.03. The average molecular weight is 514 g/mol. The topological polar surface area (TPSA) is 12.0 Å². The minimum atomic E-state index is 0.769. The molecule has 2 nitrogen and oxygen atoms in total. The molecular weight excluding hydrogens is 467 g/mol. The molecule has 0 radical (unpaired) electrons. The first kappa shape index (κ1) is 21.5. The average Bonchev–Trinajstić information content (AvgIpc) is 3.16. The van der Waals surface area contributed by atoms with E-state index in [0.717, 1.165) is 39.9 Å². The molecule has 0 aromatic carbocycles. The van der Waals surface area contributed by atoms with Gasteiger partial charge in [-0.15, -0.1) is 0 Å². The molecular formula is C26H46IN2+. The zero-order valence-corrected chi connectivity index (χ0v) is 21.0. The SMILES string of the molecule is I[C@H]1CCC[N+]23CC(NC12)C1CCCCC(CCC1)C1CCCCCCCCC13. The number of quaternary nitrogens is 1. The normalized spacial score (nSPS) is 49.3. The number of piperidine rings is 1. The van der Waals surface area contributed by atoms with Crippen molar-refractivity contribution < 1.29 is 4.48 Å². The third-order valence-corrected chi connectivity index (χ3v) is 11.3. The molecule has 5 rings (SSSR count). The highest BCUT2D eigenvalue weighted by atomic mass is 127. The smallest absolute Gasteiger partial charge is 0.155 e. The van der Waals surface area contributed by atoms with Crippen molar-refractivity contribution in [1.29, 1.82) is 0 Å². The maximum absolute atomic E-state index is 4.37. The lowest BCUT2D eigenvalue weighted by Crippen LogP contribution is -2.68. The van der Waals surface area contributed by atoms with Crippen LogP contribution in [0, 0.1) is 17.8 Å². The summed E-state index contributed by atoms with van der Waals surface area (Å²) < 4.78 is 2.36. The number of fused-ring (bicyclic) bond motifs is 8. The molecule has 4 bridgehead atoms. The molecule has 3 saturated heterocycles. The molecule has 3 heteroatoms. The van der Waals surface area contributed by atoms with Crippen LogP contribution in [0.1, 0.15) is 109 Å². The number of hydrogen-bond acceptors (Lipinski definition) is 1. The maximum atomic E-state index is 4.37. The Hall–Kier alpha value is 0.650. The van der Waals surface area contributed by atoms with Crippen molar-refractivity contribution in [3.05, 3.63) is 0 Å². The van der Waals surface area contributed by atoms with Gasteiger partial charge >= 0.3 is 0 Å². The Bertz CT molecular complexity index is 539. The van der Waals surface area contributed by atoms with Gasteiger partial charge in [-0.1, -0.05) is 74.0 Å². The summed E-state index contributed by atoms with van der Waals surface area (Å²) in [6, 6.07) is 1.79. The summed E-state index contributed by atoms with van der Waals surface area (Å²) in [6.07, 6.45) is 26.6. The lowest BCUT2D eigenvalue weighted by molar-refractivity contribution is -0.971. The highest BCUT2D eigenvalue weighted by Gasteiger charge is 2.58. The summed E-state index contributed by atoms with van der Waals surface area (Å²) >= 11 is 2.85. The van der Waals surface area contributed by atoms with E-state index in [1.807, 2.05) is 0 Å². The summed E-state index contributed by atoms with van der Waals surface area (Å²) in [5, 5.41) is 4.37. The van der Waals surface area contributed by atoms with Crippen LogP contribution in [0.5, 0.6) is 0 Å². The van der Waals surface area contributed by atoms with Crippen LogP contribution in [0.25, 0.3) is 0 Å². The molecule has 0 amide bonds. The molecule has 2 saturated carbocycles. The lowest BCUT2D eigenvalue weighted by atomic mass is 9.73. The van der Waals surface area contributed by atoms with E-state index in [1.54, 1.807) is 25.7 Å². The number of rotatable bonds is 0. The van der Waals surface area contributed by atoms with Crippen LogP contribution >= 0.6 is 22.6 Å². The van der Waals surface area contributed by atoms with Crippen molar-refractivity contribution in [3.8, 4) is 0 Å². The van der Waals surface area contributed by atoms with Gasteiger partial charge in [0.2, 0.25) is 0 Å². The zero-order valence-electron chi connectivity index (χ0n) is 18.8. The van der Waals surface area contributed by atoms with Gasteiger partial charge in [0.15, 0.2) is 6.17 Å². The summed E-state index contributed by atoms with van der Waals surface area (Å²) in [5.41, 5.74) is 0. The van der Waals surface area contributed by atoms with E-state index >= 15 is 0 Å². The summed E-state index contributed by atoms with van der Waals surface area (Å²) in [4.78, 5) is 0. The number of nitrogens with one attached hydrogen (secondary N) is 1. The molecule has 5 aliphatic rings. The van der Waals surface area contributed by atoms with E-state index in [2.05, 4.69) is 27.9 Å². The maximum Gasteiger partial charge on any atom is 0.155 e. The Labute approximate surface area is 194 Å². The third-order valence-electron chi connectivity index (χ3n) is 10.0. The van der Waals surface area contributed by atoms with Gasteiger partial charge in [-0.2, -0.15) is 0 Å². The summed E-state index contributed by atoms with van der Waals surface area (Å²) in [6.45, 7) is 2.98. The fourth-order valence-electron chi connectivity index (χ4n) is 8.70. The molecule has 7 unspecified atom stereocenters. The lowest BCUT2D eigenvalue weighted by Gasteiger charge is -2.54. The largest absolute Gasteiger partial charge is 0.304 e. The Morgan fingerprint density at radius 3 is 2.14 bits per heavy atom. The van der Waals surface area contributed by atoms with E-state index in [1.165, 1.54) is 101 Å². The van der Waals surface area contributed by atoms with Gasteiger partial charge in [-0.25, -0.2) is 0 Å². The molecule has 0 aromatic heterocycles. The zero-order chi connectivity index (χ0) is 19.7. The second-order valence-electron chi connectivity index (χ2n) is 11.6. The first-order valence-electron chi connectivity index (χ1n) is 13.5. The van der Waals surface area contributed by atoms with Gasteiger partial charge in [-0.3, -0.25) is 5.32 Å². The van der Waals surface area contributed by atoms with Gasteiger partial charge < -0.3 is 4.48 Å². The van der Waals surface area contributed by atoms with Crippen molar-refractivity contribution in [3.63, 3.8) is 0 Å². The highest BCUT2D eigenvalue weighted by Crippen LogP contribution is 2.48. The number of alkyl halides is 1. The van der Waals surface area contributed by atoms with Crippen LogP contribution in [-0.2, 0) is 0 Å². The van der Waals surface area contributed by atoms with Crippen LogP contribution in [0.15, 0.2) is 0 Å². The third kappa shape index (κ3) is 4.32. The first-order valence-corrected chi connectivity index (χ1v) is 14.8. The van der Waals surface area contributed by atoms with Gasteiger partial charge in [0.05, 0.1) is 29.1 Å². The molecule has 0 aromatic rings. The second-order valence-corrected chi connectivity index (χ2v) is 13.2.